The Bertz CT molecular complexity index is 1210. The van der Waals surface area contributed by atoms with E-state index < -0.39 is 0 Å². The summed E-state index contributed by atoms with van der Waals surface area (Å²) in [4.78, 5) is 17.5. The Balaban J connectivity index is 0.000000333. The third-order valence-corrected chi connectivity index (χ3v) is 5.54. The first kappa shape index (κ1) is 29.6. The van der Waals surface area contributed by atoms with Gasteiger partial charge in [-0.1, -0.05) is 67.2 Å². The molecule has 0 radical (unpaired) electrons. The summed E-state index contributed by atoms with van der Waals surface area (Å²) in [6.07, 6.45) is 4.55. The topological polar surface area (TPSA) is 95.8 Å². The molecule has 0 aliphatic carbocycles. The molecule has 0 saturated heterocycles. The van der Waals surface area contributed by atoms with Gasteiger partial charge >= 0.3 is 0 Å². The van der Waals surface area contributed by atoms with E-state index in [0.717, 1.165) is 71.7 Å². The first-order valence-electron chi connectivity index (χ1n) is 12.3. The second kappa shape index (κ2) is 16.9. The minimum atomic E-state index is -0.218. The molecule has 3 aromatic carbocycles. The SMILES string of the molecule is CC(=S)NCCCCCc1nc2ccc(-c3ccc(F)cc3)cc2[nH]1.CNCc1ccccc1.NC=O. The smallest absolute Gasteiger partial charge is 0.204 e. The predicted molar refractivity (Wildman–Crippen MR) is 155 cm³/mol. The van der Waals surface area contributed by atoms with E-state index in [1.165, 1.54) is 17.7 Å². The summed E-state index contributed by atoms with van der Waals surface area (Å²) in [6, 6.07) is 23.0. The number of amides is 1. The molecule has 0 saturated carbocycles. The second-order valence-electron chi connectivity index (χ2n) is 8.37. The van der Waals surface area contributed by atoms with Crippen molar-refractivity contribution >= 4 is 34.6 Å². The van der Waals surface area contributed by atoms with Crippen LogP contribution in [0.5, 0.6) is 0 Å². The van der Waals surface area contributed by atoms with Crippen LogP contribution in [0.3, 0.4) is 0 Å². The van der Waals surface area contributed by atoms with Crippen LogP contribution in [0, 0.1) is 5.82 Å². The Kier molecular flexibility index (Phi) is 13.6. The normalized spacial score (nSPS) is 10.0. The van der Waals surface area contributed by atoms with Crippen LogP contribution in [0.25, 0.3) is 22.2 Å². The van der Waals surface area contributed by atoms with Crippen molar-refractivity contribution in [3.63, 3.8) is 0 Å². The number of H-pyrrole nitrogens is 1. The van der Waals surface area contributed by atoms with Crippen LogP contribution in [0.4, 0.5) is 4.39 Å². The molecule has 37 heavy (non-hydrogen) atoms. The minimum absolute atomic E-state index is 0.218. The molecule has 8 heteroatoms. The van der Waals surface area contributed by atoms with Gasteiger partial charge in [-0.3, -0.25) is 4.79 Å². The van der Waals surface area contributed by atoms with Crippen LogP contribution in [-0.2, 0) is 17.8 Å². The van der Waals surface area contributed by atoms with E-state index in [4.69, 9.17) is 17.0 Å². The molecule has 0 atom stereocenters. The maximum absolute atomic E-state index is 13.1. The largest absolute Gasteiger partial charge is 0.380 e. The fourth-order valence-electron chi connectivity index (χ4n) is 3.66. The highest BCUT2D eigenvalue weighted by Gasteiger charge is 2.05. The number of nitrogens with two attached hydrogens (primary N) is 1. The van der Waals surface area contributed by atoms with Crippen molar-refractivity contribution in [3.05, 3.63) is 90.0 Å². The van der Waals surface area contributed by atoms with Crippen molar-refractivity contribution in [2.45, 2.75) is 39.2 Å². The Morgan fingerprint density at radius 1 is 1.03 bits per heavy atom. The lowest BCUT2D eigenvalue weighted by atomic mass is 10.1. The molecule has 6 nitrogen and oxygen atoms in total. The van der Waals surface area contributed by atoms with Crippen molar-refractivity contribution in [3.8, 4) is 11.1 Å². The van der Waals surface area contributed by atoms with Crippen molar-refractivity contribution in [1.82, 2.24) is 20.6 Å². The number of imidazole rings is 1. The summed E-state index contributed by atoms with van der Waals surface area (Å²) < 4.78 is 13.1. The average Bonchev–Trinajstić information content (AvgIpc) is 3.30. The zero-order valence-corrected chi connectivity index (χ0v) is 22.3. The zero-order chi connectivity index (χ0) is 26.9. The lowest BCUT2D eigenvalue weighted by molar-refractivity contribution is -0.106. The molecular weight excluding hydrogens is 485 g/mol. The van der Waals surface area contributed by atoms with E-state index in [2.05, 4.69) is 44.5 Å². The van der Waals surface area contributed by atoms with E-state index >= 15 is 0 Å². The number of hydrogen-bond donors (Lipinski definition) is 4. The number of nitrogens with zero attached hydrogens (tertiary/aromatic N) is 1. The number of rotatable bonds is 9. The molecule has 4 aromatic rings. The van der Waals surface area contributed by atoms with Crippen LogP contribution in [0.2, 0.25) is 0 Å². The van der Waals surface area contributed by atoms with Crippen LogP contribution in [0.15, 0.2) is 72.8 Å². The second-order valence-corrected chi connectivity index (χ2v) is 8.98. The molecule has 0 fully saturated rings. The van der Waals surface area contributed by atoms with E-state index in [1.54, 1.807) is 12.1 Å². The van der Waals surface area contributed by atoms with Gasteiger partial charge in [0.2, 0.25) is 6.41 Å². The highest BCUT2D eigenvalue weighted by atomic mass is 32.1. The van der Waals surface area contributed by atoms with Gasteiger partial charge < -0.3 is 21.4 Å². The predicted octanol–water partition coefficient (Wildman–Crippen LogP) is 5.53. The molecule has 1 amide bonds. The van der Waals surface area contributed by atoms with Crippen LogP contribution < -0.4 is 16.4 Å². The number of halogens is 1. The summed E-state index contributed by atoms with van der Waals surface area (Å²) in [5, 5.41) is 6.26. The Morgan fingerprint density at radius 2 is 1.70 bits per heavy atom. The molecule has 4 rings (SSSR count). The minimum Gasteiger partial charge on any atom is -0.380 e. The fraction of sp³-hybridized carbons (Fsp3) is 0.276. The number of carbonyl (C=O) groups is 1. The van der Waals surface area contributed by atoms with Crippen molar-refractivity contribution in [2.75, 3.05) is 13.6 Å². The molecular formula is C29H36FN5OS. The van der Waals surface area contributed by atoms with Crippen molar-refractivity contribution in [2.24, 2.45) is 5.73 Å². The average molecular weight is 522 g/mol. The number of primary amides is 1. The molecule has 0 bridgehead atoms. The van der Waals surface area contributed by atoms with Crippen LogP contribution >= 0.6 is 12.2 Å². The van der Waals surface area contributed by atoms with Gasteiger partial charge in [-0.25, -0.2) is 9.37 Å². The number of aromatic amines is 1. The van der Waals surface area contributed by atoms with E-state index in [0.29, 0.717) is 0 Å². The Labute approximate surface area is 223 Å². The van der Waals surface area contributed by atoms with Gasteiger partial charge in [-0.15, -0.1) is 0 Å². The summed E-state index contributed by atoms with van der Waals surface area (Å²) in [5.41, 5.74) is 9.55. The number of fused-ring (bicyclic) bond motifs is 1. The van der Waals surface area contributed by atoms with Gasteiger partial charge in [0.25, 0.3) is 0 Å². The summed E-state index contributed by atoms with van der Waals surface area (Å²) in [7, 11) is 1.95. The van der Waals surface area contributed by atoms with Gasteiger partial charge in [0.1, 0.15) is 11.6 Å². The number of nitrogens with one attached hydrogen (secondary N) is 3. The number of aryl methyl sites for hydroxylation is 1. The van der Waals surface area contributed by atoms with Gasteiger partial charge in [-0.2, -0.15) is 0 Å². The molecule has 196 valence electrons. The van der Waals surface area contributed by atoms with Crippen molar-refractivity contribution in [1.29, 1.82) is 0 Å². The van der Waals surface area contributed by atoms with Gasteiger partial charge in [0.05, 0.1) is 16.0 Å². The molecule has 1 heterocycles. The van der Waals surface area contributed by atoms with Crippen LogP contribution in [0.1, 0.15) is 37.6 Å². The summed E-state index contributed by atoms with van der Waals surface area (Å²) in [5.74, 6) is 0.801. The zero-order valence-electron chi connectivity index (χ0n) is 21.5. The van der Waals surface area contributed by atoms with E-state index in [9.17, 15) is 4.39 Å². The van der Waals surface area contributed by atoms with E-state index in [1.807, 2.05) is 44.3 Å². The van der Waals surface area contributed by atoms with E-state index in [-0.39, 0.29) is 12.2 Å². The third-order valence-electron chi connectivity index (χ3n) is 5.40. The standard InChI is InChI=1S/C20H22FN3S.C8H11N.CH3NO/c1-14(25)22-12-4-2-3-5-20-23-18-11-8-16(13-19(18)24-20)15-6-9-17(21)10-7-15;1-9-7-8-5-3-2-4-6-8;2-1-3/h6-11,13H,2-5,12H2,1H3,(H,22,25)(H,23,24);2-6,9H,7H2,1H3;1H,(H2,2,3). The molecule has 1 aromatic heterocycles. The maximum Gasteiger partial charge on any atom is 0.204 e. The van der Waals surface area contributed by atoms with Gasteiger partial charge in [0, 0.05) is 19.5 Å². The summed E-state index contributed by atoms with van der Waals surface area (Å²) in [6.45, 7) is 3.81. The maximum atomic E-state index is 13.1. The number of hydrogen-bond acceptors (Lipinski definition) is 4. The number of carbonyl (C=O) groups excluding carboxylic acids is 1. The molecule has 0 spiro atoms. The highest BCUT2D eigenvalue weighted by Crippen LogP contribution is 2.24. The third kappa shape index (κ3) is 11.3. The summed E-state index contributed by atoms with van der Waals surface area (Å²) >= 11 is 4.99. The quantitative estimate of drug-likeness (QED) is 0.132. The monoisotopic (exact) mass is 521 g/mol. The molecule has 0 unspecified atom stereocenters. The Hall–Kier alpha value is -3.62. The molecule has 5 N–H and O–H groups in total. The Morgan fingerprint density at radius 3 is 2.35 bits per heavy atom. The van der Waals surface area contributed by atoms with Gasteiger partial charge in [0.15, 0.2) is 0 Å². The number of unbranched alkanes of at least 4 members (excludes halogenated alkanes) is 2. The highest BCUT2D eigenvalue weighted by molar-refractivity contribution is 7.80. The molecule has 0 aliphatic rings. The van der Waals surface area contributed by atoms with Crippen LogP contribution in [-0.4, -0.2) is 35.0 Å². The first-order chi connectivity index (χ1) is 18.0. The van der Waals surface area contributed by atoms with Gasteiger partial charge in [-0.05, 0) is 67.8 Å². The number of thiocarbonyl (C=S) groups is 1. The first-order valence-corrected chi connectivity index (χ1v) is 12.7. The lowest BCUT2D eigenvalue weighted by Crippen LogP contribution is -2.19. The lowest BCUT2D eigenvalue weighted by Gasteiger charge is -2.02. The van der Waals surface area contributed by atoms with Crippen molar-refractivity contribution < 1.29 is 9.18 Å². The number of benzene rings is 3. The number of aromatic nitrogens is 2. The fourth-order valence-corrected chi connectivity index (χ4v) is 3.76. The molecule has 0 aliphatic heterocycles.